The van der Waals surface area contributed by atoms with Gasteiger partial charge < -0.3 is 15.1 Å². The van der Waals surface area contributed by atoms with Gasteiger partial charge in [-0.25, -0.2) is 0 Å². The Morgan fingerprint density at radius 2 is 1.57 bits per heavy atom. The predicted octanol–water partition coefficient (Wildman–Crippen LogP) is 2.67. The maximum atomic E-state index is 13.1. The molecule has 5 heteroatoms. The first-order valence-corrected chi connectivity index (χ1v) is 10.1. The number of rotatable bonds is 5. The first-order valence-electron chi connectivity index (χ1n) is 10.1. The molecule has 0 aliphatic carbocycles. The highest BCUT2D eigenvalue weighted by atomic mass is 16.3. The van der Waals surface area contributed by atoms with Gasteiger partial charge in [-0.1, -0.05) is 72.8 Å². The van der Waals surface area contributed by atoms with E-state index in [4.69, 9.17) is 0 Å². The molecule has 1 aliphatic rings. The number of hydrogen-bond acceptors (Lipinski definition) is 4. The second kappa shape index (κ2) is 8.79. The molecule has 30 heavy (non-hydrogen) atoms. The van der Waals surface area contributed by atoms with Crippen molar-refractivity contribution in [2.45, 2.75) is 24.8 Å². The lowest BCUT2D eigenvalue weighted by atomic mass is 9.97. The molecular formula is C25H26N2O3. The normalized spacial score (nSPS) is 20.8. The Labute approximate surface area is 176 Å². The molecule has 1 aliphatic heterocycles. The van der Waals surface area contributed by atoms with Crippen LogP contribution in [0.3, 0.4) is 0 Å². The molecule has 3 atom stereocenters. The minimum absolute atomic E-state index is 0.183. The summed E-state index contributed by atoms with van der Waals surface area (Å²) in [6.07, 6.45) is -1.85. The molecule has 0 bridgehead atoms. The molecule has 1 saturated heterocycles. The summed E-state index contributed by atoms with van der Waals surface area (Å²) in [5, 5.41) is 22.9. The fraction of sp³-hybridized carbons (Fsp3) is 0.240. The van der Waals surface area contributed by atoms with E-state index in [2.05, 4.69) is 41.7 Å². The third-order valence-corrected chi connectivity index (χ3v) is 5.69. The maximum absolute atomic E-state index is 13.1. The summed E-state index contributed by atoms with van der Waals surface area (Å²) in [7, 11) is 1.65. The van der Waals surface area contributed by atoms with Crippen LogP contribution in [0.5, 0.6) is 0 Å². The van der Waals surface area contributed by atoms with Gasteiger partial charge in [0.15, 0.2) is 0 Å². The number of aliphatic hydroxyl groups is 2. The van der Waals surface area contributed by atoms with E-state index < -0.39 is 18.4 Å². The smallest absolute Gasteiger partial charge is 0.255 e. The summed E-state index contributed by atoms with van der Waals surface area (Å²) in [5.41, 5.74) is 4.97. The first kappa shape index (κ1) is 20.3. The molecular weight excluding hydrogens is 376 g/mol. The highest BCUT2D eigenvalue weighted by Gasteiger charge is 2.37. The van der Waals surface area contributed by atoms with Crippen LogP contribution in [-0.2, 0) is 6.42 Å². The molecule has 0 radical (unpaired) electrons. The topological polar surface area (TPSA) is 72.8 Å². The summed E-state index contributed by atoms with van der Waals surface area (Å²) < 4.78 is 0. The van der Waals surface area contributed by atoms with Crippen LogP contribution < -0.4 is 5.32 Å². The summed E-state index contributed by atoms with van der Waals surface area (Å²) in [5.74, 6) is -0.183. The molecule has 0 saturated carbocycles. The minimum Gasteiger partial charge on any atom is -0.389 e. The van der Waals surface area contributed by atoms with E-state index in [1.165, 1.54) is 10.5 Å². The Morgan fingerprint density at radius 1 is 0.933 bits per heavy atom. The van der Waals surface area contributed by atoms with Crippen molar-refractivity contribution in [3.8, 4) is 11.1 Å². The van der Waals surface area contributed by atoms with E-state index in [1.54, 1.807) is 7.05 Å². The number of benzene rings is 3. The van der Waals surface area contributed by atoms with Crippen molar-refractivity contribution < 1.29 is 15.0 Å². The second-order valence-corrected chi connectivity index (χ2v) is 7.72. The summed E-state index contributed by atoms with van der Waals surface area (Å²) >= 11 is 0. The van der Waals surface area contributed by atoms with Crippen LogP contribution in [0.2, 0.25) is 0 Å². The fourth-order valence-electron chi connectivity index (χ4n) is 3.92. The molecule has 3 aromatic rings. The summed E-state index contributed by atoms with van der Waals surface area (Å²) in [6.45, 7) is 0.263. The average Bonchev–Trinajstić information content (AvgIpc) is 3.12. The zero-order chi connectivity index (χ0) is 21.1. The van der Waals surface area contributed by atoms with E-state index in [0.717, 1.165) is 16.7 Å². The van der Waals surface area contributed by atoms with Crippen LogP contribution in [0.1, 0.15) is 21.5 Å². The van der Waals surface area contributed by atoms with Crippen LogP contribution in [0, 0.1) is 0 Å². The van der Waals surface area contributed by atoms with Crippen LogP contribution >= 0.6 is 0 Å². The second-order valence-electron chi connectivity index (χ2n) is 7.72. The number of amides is 1. The van der Waals surface area contributed by atoms with Crippen molar-refractivity contribution in [2.75, 3.05) is 13.6 Å². The maximum Gasteiger partial charge on any atom is 0.255 e. The highest BCUT2D eigenvalue weighted by molar-refractivity contribution is 5.96. The van der Waals surface area contributed by atoms with Gasteiger partial charge in [-0.05, 0) is 34.7 Å². The molecule has 1 amide bonds. The van der Waals surface area contributed by atoms with Gasteiger partial charge in [0, 0.05) is 19.2 Å². The first-order chi connectivity index (χ1) is 14.5. The SMILES string of the molecule is CN(C(=O)c1ccccc1Cc1ccc(-c2ccccc2)cc1)C1NCC(O)C1O. The van der Waals surface area contributed by atoms with Gasteiger partial charge in [-0.15, -0.1) is 0 Å². The number of aliphatic hydroxyl groups excluding tert-OH is 2. The molecule has 3 unspecified atom stereocenters. The Bertz CT molecular complexity index is 1000. The number of β-amino-alcohol motifs (C(OH)–C–C–N with tert-alkyl or cyclic N) is 1. The molecule has 154 valence electrons. The largest absolute Gasteiger partial charge is 0.389 e. The van der Waals surface area contributed by atoms with Crippen molar-refractivity contribution in [3.63, 3.8) is 0 Å². The molecule has 3 N–H and O–H groups in total. The van der Waals surface area contributed by atoms with Gasteiger partial charge in [-0.2, -0.15) is 0 Å². The van der Waals surface area contributed by atoms with E-state index in [0.29, 0.717) is 12.0 Å². The number of hydrogen-bond donors (Lipinski definition) is 3. The average molecular weight is 402 g/mol. The molecule has 0 spiro atoms. The zero-order valence-corrected chi connectivity index (χ0v) is 16.9. The van der Waals surface area contributed by atoms with Gasteiger partial charge in [0.05, 0.1) is 6.10 Å². The van der Waals surface area contributed by atoms with Crippen LogP contribution in [0.15, 0.2) is 78.9 Å². The van der Waals surface area contributed by atoms with Crippen molar-refractivity contribution in [3.05, 3.63) is 95.6 Å². The van der Waals surface area contributed by atoms with Crippen molar-refractivity contribution in [1.82, 2.24) is 10.2 Å². The standard InChI is InChI=1S/C25H26N2O3/c1-27(24-23(29)22(28)16-26-24)25(30)21-10-6-5-9-20(21)15-17-11-13-19(14-12-17)18-7-3-2-4-8-18/h2-14,22-24,26,28-29H,15-16H2,1H3. The van der Waals surface area contributed by atoms with Gasteiger partial charge >= 0.3 is 0 Å². The number of nitrogens with zero attached hydrogens (tertiary/aromatic N) is 1. The van der Waals surface area contributed by atoms with E-state index in [1.807, 2.05) is 42.5 Å². The number of nitrogens with one attached hydrogen (secondary N) is 1. The highest BCUT2D eigenvalue weighted by Crippen LogP contribution is 2.22. The number of carbonyl (C=O) groups is 1. The van der Waals surface area contributed by atoms with E-state index in [9.17, 15) is 15.0 Å². The van der Waals surface area contributed by atoms with Gasteiger partial charge in [-0.3, -0.25) is 10.1 Å². The Hall–Kier alpha value is -2.99. The molecule has 5 nitrogen and oxygen atoms in total. The molecule has 1 fully saturated rings. The van der Waals surface area contributed by atoms with E-state index >= 15 is 0 Å². The third-order valence-electron chi connectivity index (χ3n) is 5.69. The van der Waals surface area contributed by atoms with Crippen LogP contribution in [-0.4, -0.2) is 53.0 Å². The molecule has 4 rings (SSSR count). The van der Waals surface area contributed by atoms with Crippen molar-refractivity contribution >= 4 is 5.91 Å². The van der Waals surface area contributed by atoms with Crippen LogP contribution in [0.4, 0.5) is 0 Å². The lowest BCUT2D eigenvalue weighted by molar-refractivity contribution is 0.00731. The number of likely N-dealkylation sites (N-methyl/N-ethyl adjacent to an activating group) is 1. The van der Waals surface area contributed by atoms with Gasteiger partial charge in [0.1, 0.15) is 12.3 Å². The molecule has 0 aromatic heterocycles. The summed E-state index contributed by atoms with van der Waals surface area (Å²) in [6, 6.07) is 26.1. The zero-order valence-electron chi connectivity index (χ0n) is 16.9. The van der Waals surface area contributed by atoms with E-state index in [-0.39, 0.29) is 12.5 Å². The minimum atomic E-state index is -1.00. The quantitative estimate of drug-likeness (QED) is 0.614. The number of carbonyl (C=O) groups excluding carboxylic acids is 1. The van der Waals surface area contributed by atoms with Crippen molar-refractivity contribution in [2.24, 2.45) is 0 Å². The molecule has 3 aromatic carbocycles. The van der Waals surface area contributed by atoms with Gasteiger partial charge in [0.2, 0.25) is 0 Å². The van der Waals surface area contributed by atoms with Gasteiger partial charge in [0.25, 0.3) is 5.91 Å². The Morgan fingerprint density at radius 3 is 2.23 bits per heavy atom. The monoisotopic (exact) mass is 402 g/mol. The lowest BCUT2D eigenvalue weighted by Crippen LogP contribution is -2.49. The van der Waals surface area contributed by atoms with Crippen molar-refractivity contribution in [1.29, 1.82) is 0 Å². The predicted molar refractivity (Wildman–Crippen MR) is 117 cm³/mol. The van der Waals surface area contributed by atoms with Crippen LogP contribution in [0.25, 0.3) is 11.1 Å². The summed E-state index contributed by atoms with van der Waals surface area (Å²) in [4.78, 5) is 14.6. The lowest BCUT2D eigenvalue weighted by Gasteiger charge is -2.28. The Kier molecular flexibility index (Phi) is 5.95. The third kappa shape index (κ3) is 4.14. The molecule has 1 heterocycles. The fourth-order valence-corrected chi connectivity index (χ4v) is 3.92. The Balaban J connectivity index is 1.53.